The molecule has 4 nitrogen and oxygen atoms in total. The van der Waals surface area contributed by atoms with E-state index in [-0.39, 0.29) is 5.91 Å². The minimum atomic E-state index is -0.157. The highest BCUT2D eigenvalue weighted by Gasteiger charge is 2.12. The van der Waals surface area contributed by atoms with Crippen LogP contribution in [0.15, 0.2) is 90.2 Å². The number of pyridine rings is 2. The van der Waals surface area contributed by atoms with Crippen LogP contribution in [0.25, 0.3) is 10.8 Å². The lowest BCUT2D eigenvalue weighted by Crippen LogP contribution is -2.13. The Morgan fingerprint density at radius 2 is 1.67 bits per heavy atom. The van der Waals surface area contributed by atoms with E-state index < -0.39 is 0 Å². The SMILES string of the molecule is O=C(Nc1cc2ccccc2cn1)c1ccccc1SCc1ccncc1. The monoisotopic (exact) mass is 371 g/mol. The maximum atomic E-state index is 12.8. The number of thioether (sulfide) groups is 1. The Hall–Kier alpha value is -3.18. The number of nitrogens with zero attached hydrogens (tertiary/aromatic N) is 2. The molecule has 132 valence electrons. The largest absolute Gasteiger partial charge is 0.307 e. The summed E-state index contributed by atoms with van der Waals surface area (Å²) in [6, 6.07) is 21.4. The molecule has 2 heterocycles. The van der Waals surface area contributed by atoms with Gasteiger partial charge in [0.25, 0.3) is 5.91 Å². The van der Waals surface area contributed by atoms with E-state index in [1.807, 2.05) is 66.7 Å². The van der Waals surface area contributed by atoms with Crippen molar-refractivity contribution in [2.45, 2.75) is 10.6 Å². The Morgan fingerprint density at radius 3 is 2.52 bits per heavy atom. The predicted molar refractivity (Wildman–Crippen MR) is 110 cm³/mol. The molecular formula is C22H17N3OS. The molecule has 0 bridgehead atoms. The zero-order valence-electron chi connectivity index (χ0n) is 14.5. The molecule has 1 N–H and O–H groups in total. The second-order valence-electron chi connectivity index (χ2n) is 6.01. The van der Waals surface area contributed by atoms with Crippen LogP contribution >= 0.6 is 11.8 Å². The van der Waals surface area contributed by atoms with Gasteiger partial charge in [-0.05, 0) is 41.3 Å². The average molecular weight is 371 g/mol. The number of aromatic nitrogens is 2. The molecule has 0 spiro atoms. The second kappa shape index (κ2) is 8.01. The number of nitrogens with one attached hydrogen (secondary N) is 1. The Balaban J connectivity index is 1.52. The molecule has 4 aromatic rings. The fourth-order valence-electron chi connectivity index (χ4n) is 2.76. The van der Waals surface area contributed by atoms with Gasteiger partial charge in [0.05, 0.1) is 5.56 Å². The lowest BCUT2D eigenvalue weighted by Gasteiger charge is -2.10. The van der Waals surface area contributed by atoms with Gasteiger partial charge >= 0.3 is 0 Å². The quantitative estimate of drug-likeness (QED) is 0.492. The van der Waals surface area contributed by atoms with Crippen LogP contribution in [-0.4, -0.2) is 15.9 Å². The molecule has 0 aliphatic rings. The van der Waals surface area contributed by atoms with Gasteiger partial charge in [-0.25, -0.2) is 4.98 Å². The molecule has 2 aromatic carbocycles. The fraction of sp³-hybridized carbons (Fsp3) is 0.0455. The van der Waals surface area contributed by atoms with Crippen LogP contribution in [-0.2, 0) is 5.75 Å². The maximum absolute atomic E-state index is 12.8. The average Bonchev–Trinajstić information content (AvgIpc) is 2.73. The van der Waals surface area contributed by atoms with Gasteiger partial charge in [0, 0.05) is 34.6 Å². The molecule has 2 aromatic heterocycles. The third-order valence-corrected chi connectivity index (χ3v) is 5.29. The van der Waals surface area contributed by atoms with Crippen molar-refractivity contribution in [2.75, 3.05) is 5.32 Å². The number of benzene rings is 2. The Morgan fingerprint density at radius 1 is 0.926 bits per heavy atom. The van der Waals surface area contributed by atoms with Crippen LogP contribution in [0.4, 0.5) is 5.82 Å². The van der Waals surface area contributed by atoms with Gasteiger partial charge in [-0.2, -0.15) is 0 Å². The summed E-state index contributed by atoms with van der Waals surface area (Å²) in [7, 11) is 0. The number of hydrogen-bond donors (Lipinski definition) is 1. The van der Waals surface area contributed by atoms with Crippen LogP contribution in [0.3, 0.4) is 0 Å². The van der Waals surface area contributed by atoms with Crippen molar-refractivity contribution < 1.29 is 4.79 Å². The highest BCUT2D eigenvalue weighted by Crippen LogP contribution is 2.27. The van der Waals surface area contributed by atoms with E-state index >= 15 is 0 Å². The molecule has 0 saturated carbocycles. The summed E-state index contributed by atoms with van der Waals surface area (Å²) in [5.74, 6) is 1.17. The lowest BCUT2D eigenvalue weighted by atomic mass is 10.2. The van der Waals surface area contributed by atoms with Crippen LogP contribution in [0.2, 0.25) is 0 Å². The molecule has 0 aliphatic carbocycles. The second-order valence-corrected chi connectivity index (χ2v) is 7.03. The van der Waals surface area contributed by atoms with Gasteiger partial charge < -0.3 is 5.32 Å². The maximum Gasteiger partial charge on any atom is 0.257 e. The standard InChI is InChI=1S/C22H17N3OS/c26-22(25-21-13-17-5-1-2-6-18(17)14-24-21)19-7-3-4-8-20(19)27-15-16-9-11-23-12-10-16/h1-14H,15H2,(H,24,25,26). The van der Waals surface area contributed by atoms with Crippen LogP contribution in [0, 0.1) is 0 Å². The molecule has 0 saturated heterocycles. The van der Waals surface area contributed by atoms with E-state index in [4.69, 9.17) is 0 Å². The zero-order chi connectivity index (χ0) is 18.5. The summed E-state index contributed by atoms with van der Waals surface area (Å²) in [5, 5.41) is 5.01. The first-order valence-corrected chi connectivity index (χ1v) is 9.55. The molecule has 0 radical (unpaired) electrons. The van der Waals surface area contributed by atoms with E-state index in [2.05, 4.69) is 15.3 Å². The summed E-state index contributed by atoms with van der Waals surface area (Å²) in [6.07, 6.45) is 5.33. The van der Waals surface area contributed by atoms with Gasteiger partial charge in [0.15, 0.2) is 0 Å². The summed E-state index contributed by atoms with van der Waals surface area (Å²) >= 11 is 1.63. The number of amides is 1. The third kappa shape index (κ3) is 4.15. The highest BCUT2D eigenvalue weighted by molar-refractivity contribution is 7.98. The van der Waals surface area contributed by atoms with Crippen molar-refractivity contribution in [3.63, 3.8) is 0 Å². The van der Waals surface area contributed by atoms with E-state index in [1.165, 1.54) is 5.56 Å². The van der Waals surface area contributed by atoms with Crippen molar-refractivity contribution in [3.05, 3.63) is 96.4 Å². The van der Waals surface area contributed by atoms with Crippen LogP contribution in [0.5, 0.6) is 0 Å². The first-order chi connectivity index (χ1) is 13.3. The van der Waals surface area contributed by atoms with E-state index in [9.17, 15) is 4.79 Å². The molecule has 0 aliphatic heterocycles. The smallest absolute Gasteiger partial charge is 0.257 e. The van der Waals surface area contributed by atoms with Crippen LogP contribution < -0.4 is 5.32 Å². The van der Waals surface area contributed by atoms with E-state index in [0.717, 1.165) is 21.4 Å². The molecule has 0 atom stereocenters. The molecule has 1 amide bonds. The van der Waals surface area contributed by atoms with Crippen LogP contribution in [0.1, 0.15) is 15.9 Å². The minimum Gasteiger partial charge on any atom is -0.307 e. The Bertz CT molecular complexity index is 1080. The molecular weight excluding hydrogens is 354 g/mol. The summed E-state index contributed by atoms with van der Waals surface area (Å²) in [5.41, 5.74) is 1.81. The number of carbonyl (C=O) groups is 1. The molecule has 27 heavy (non-hydrogen) atoms. The lowest BCUT2D eigenvalue weighted by molar-refractivity contribution is 0.102. The van der Waals surface area contributed by atoms with E-state index in [1.54, 1.807) is 30.4 Å². The van der Waals surface area contributed by atoms with E-state index in [0.29, 0.717) is 11.4 Å². The van der Waals surface area contributed by atoms with Gasteiger partial charge in [-0.15, -0.1) is 11.8 Å². The van der Waals surface area contributed by atoms with Crippen molar-refractivity contribution in [1.82, 2.24) is 9.97 Å². The van der Waals surface area contributed by atoms with Crippen molar-refractivity contribution in [1.29, 1.82) is 0 Å². The Kier molecular flexibility index (Phi) is 5.12. The number of carbonyl (C=O) groups excluding carboxylic acids is 1. The summed E-state index contributed by atoms with van der Waals surface area (Å²) < 4.78 is 0. The first kappa shape index (κ1) is 17.2. The normalized spacial score (nSPS) is 10.7. The molecule has 5 heteroatoms. The van der Waals surface area contributed by atoms with Gasteiger partial charge in [0.1, 0.15) is 5.82 Å². The van der Waals surface area contributed by atoms with Crippen molar-refractivity contribution >= 4 is 34.3 Å². The van der Waals surface area contributed by atoms with Gasteiger partial charge in [-0.3, -0.25) is 9.78 Å². The number of hydrogen-bond acceptors (Lipinski definition) is 4. The van der Waals surface area contributed by atoms with Gasteiger partial charge in [0.2, 0.25) is 0 Å². The first-order valence-electron chi connectivity index (χ1n) is 8.56. The molecule has 4 rings (SSSR count). The highest BCUT2D eigenvalue weighted by atomic mass is 32.2. The zero-order valence-corrected chi connectivity index (χ0v) is 15.3. The number of rotatable bonds is 5. The summed E-state index contributed by atoms with van der Waals surface area (Å²) in [4.78, 5) is 22.1. The molecule has 0 unspecified atom stereocenters. The summed E-state index contributed by atoms with van der Waals surface area (Å²) in [6.45, 7) is 0. The third-order valence-electron chi connectivity index (χ3n) is 4.15. The fourth-order valence-corrected chi connectivity index (χ4v) is 3.76. The number of anilines is 1. The number of fused-ring (bicyclic) bond motifs is 1. The topological polar surface area (TPSA) is 54.9 Å². The van der Waals surface area contributed by atoms with Crippen molar-refractivity contribution in [3.8, 4) is 0 Å². The van der Waals surface area contributed by atoms with Gasteiger partial charge in [-0.1, -0.05) is 36.4 Å². The minimum absolute atomic E-state index is 0.157. The van der Waals surface area contributed by atoms with Crippen molar-refractivity contribution in [2.24, 2.45) is 0 Å². The predicted octanol–water partition coefficient (Wildman–Crippen LogP) is 5.17. The molecule has 0 fully saturated rings. The Labute approximate surface area is 161 Å².